The first-order valence-corrected chi connectivity index (χ1v) is 14.4. The van der Waals surface area contributed by atoms with Crippen molar-refractivity contribution in [2.24, 2.45) is 5.73 Å². The fraction of sp³-hybridized carbons (Fsp3) is 0.929. The second-order valence-electron chi connectivity index (χ2n) is 9.75. The third-order valence-corrected chi connectivity index (χ3v) is 6.41. The minimum absolute atomic E-state index is 0.0394. The number of carbonyl (C=O) groups is 2. The van der Waals surface area contributed by atoms with Gasteiger partial charge >= 0.3 is 11.9 Å². The van der Waals surface area contributed by atoms with Gasteiger partial charge in [-0.05, 0) is 64.7 Å². The van der Waals surface area contributed by atoms with Crippen molar-refractivity contribution in [3.63, 3.8) is 0 Å². The van der Waals surface area contributed by atoms with Crippen LogP contribution in [0.5, 0.6) is 0 Å². The highest BCUT2D eigenvalue weighted by Crippen LogP contribution is 2.11. The van der Waals surface area contributed by atoms with Gasteiger partial charge in [-0.3, -0.25) is 9.59 Å². The van der Waals surface area contributed by atoms with Gasteiger partial charge in [-0.15, -0.1) is 0 Å². The van der Waals surface area contributed by atoms with E-state index in [1.807, 2.05) is 0 Å². The number of carbonyl (C=O) groups excluding carboxylic acids is 1. The van der Waals surface area contributed by atoms with Gasteiger partial charge in [0.1, 0.15) is 0 Å². The van der Waals surface area contributed by atoms with Crippen molar-refractivity contribution in [3.8, 4) is 0 Å². The minimum atomic E-state index is -0.694. The molecule has 0 atom stereocenters. The topological polar surface area (TPSA) is 92.9 Å². The van der Waals surface area contributed by atoms with E-state index in [0.29, 0.717) is 13.0 Å². The number of ether oxygens (including phenoxy) is 1. The molecule has 0 aliphatic rings. The van der Waals surface area contributed by atoms with Gasteiger partial charge in [0.2, 0.25) is 0 Å². The van der Waals surface area contributed by atoms with Crippen LogP contribution in [-0.2, 0) is 14.3 Å². The van der Waals surface area contributed by atoms with E-state index < -0.39 is 5.97 Å². The van der Waals surface area contributed by atoms with Gasteiger partial charge < -0.3 is 20.5 Å². The molecule has 0 bridgehead atoms. The van der Waals surface area contributed by atoms with Crippen LogP contribution in [0, 0.1) is 0 Å². The first-order chi connectivity index (χ1) is 16.6. The first kappa shape index (κ1) is 32.9. The Labute approximate surface area is 210 Å². The van der Waals surface area contributed by atoms with Crippen LogP contribution in [0.1, 0.15) is 135 Å². The van der Waals surface area contributed by atoms with E-state index in [0.717, 1.165) is 90.4 Å². The molecule has 202 valence electrons. The average molecular weight is 485 g/mol. The first-order valence-electron chi connectivity index (χ1n) is 14.4. The molecule has 0 fully saturated rings. The van der Waals surface area contributed by atoms with Crippen LogP contribution < -0.4 is 5.73 Å². The molecular formula is C28H56N2O4. The number of hydrogen-bond acceptors (Lipinski definition) is 5. The number of aliphatic carboxylic acids is 1. The van der Waals surface area contributed by atoms with Crippen molar-refractivity contribution < 1.29 is 19.4 Å². The Morgan fingerprint density at radius 3 is 1.71 bits per heavy atom. The number of esters is 1. The number of nitrogens with two attached hydrogens (primary N) is 1. The summed E-state index contributed by atoms with van der Waals surface area (Å²) >= 11 is 0. The fourth-order valence-corrected chi connectivity index (χ4v) is 4.24. The molecule has 0 heterocycles. The van der Waals surface area contributed by atoms with Gasteiger partial charge in [-0.25, -0.2) is 0 Å². The van der Waals surface area contributed by atoms with Crippen LogP contribution in [0.15, 0.2) is 0 Å². The predicted octanol–water partition coefficient (Wildman–Crippen LogP) is 6.70. The van der Waals surface area contributed by atoms with E-state index in [9.17, 15) is 9.59 Å². The van der Waals surface area contributed by atoms with Gasteiger partial charge in [-0.2, -0.15) is 0 Å². The SMILES string of the molecule is CCCCCCCCCCCOC(=O)CCCCCN(CCCN)CCCCCCCC(=O)O. The zero-order valence-corrected chi connectivity index (χ0v) is 22.4. The molecule has 0 aliphatic heterocycles. The molecule has 6 heteroatoms. The maximum atomic E-state index is 11.9. The summed E-state index contributed by atoms with van der Waals surface area (Å²) in [6, 6.07) is 0. The molecule has 6 nitrogen and oxygen atoms in total. The van der Waals surface area contributed by atoms with E-state index >= 15 is 0 Å². The monoisotopic (exact) mass is 484 g/mol. The van der Waals surface area contributed by atoms with E-state index in [2.05, 4.69) is 11.8 Å². The van der Waals surface area contributed by atoms with Gasteiger partial charge in [-0.1, -0.05) is 84.0 Å². The summed E-state index contributed by atoms with van der Waals surface area (Å²) in [5, 5.41) is 8.68. The van der Waals surface area contributed by atoms with Crippen LogP contribution in [0.4, 0.5) is 0 Å². The lowest BCUT2D eigenvalue weighted by molar-refractivity contribution is -0.144. The second kappa shape index (κ2) is 26.5. The standard InChI is InChI=1S/C28H56N2O4/c1-2-3-4-5-6-7-8-12-18-26-34-28(33)21-15-13-17-24-30(25-19-22-29)23-16-11-9-10-14-20-27(31)32/h2-26,29H2,1H3,(H,31,32). The normalized spacial score (nSPS) is 11.3. The molecule has 0 aromatic carbocycles. The molecule has 0 aromatic heterocycles. The summed E-state index contributed by atoms with van der Waals surface area (Å²) < 4.78 is 5.39. The summed E-state index contributed by atoms with van der Waals surface area (Å²) in [7, 11) is 0. The minimum Gasteiger partial charge on any atom is -0.481 e. The van der Waals surface area contributed by atoms with Crippen LogP contribution in [0.3, 0.4) is 0 Å². The molecular weight excluding hydrogens is 428 g/mol. The number of nitrogens with zero attached hydrogens (tertiary/aromatic N) is 1. The number of carboxylic acids is 1. The summed E-state index contributed by atoms with van der Waals surface area (Å²) in [5.74, 6) is -0.734. The van der Waals surface area contributed by atoms with Crippen molar-refractivity contribution in [2.75, 3.05) is 32.8 Å². The van der Waals surface area contributed by atoms with Gasteiger partial charge in [0.25, 0.3) is 0 Å². The third kappa shape index (κ3) is 25.5. The van der Waals surface area contributed by atoms with Crippen molar-refractivity contribution in [2.45, 2.75) is 135 Å². The zero-order valence-electron chi connectivity index (χ0n) is 22.4. The molecule has 0 aromatic rings. The fourth-order valence-electron chi connectivity index (χ4n) is 4.24. The summed E-state index contributed by atoms with van der Waals surface area (Å²) in [5.41, 5.74) is 5.69. The largest absolute Gasteiger partial charge is 0.481 e. The molecule has 0 aliphatic carbocycles. The van der Waals surface area contributed by atoms with Crippen molar-refractivity contribution >= 4 is 11.9 Å². The number of hydrogen-bond donors (Lipinski definition) is 2. The number of carboxylic acid groups (broad SMARTS) is 1. The van der Waals surface area contributed by atoms with Crippen LogP contribution >= 0.6 is 0 Å². The molecule has 0 saturated carbocycles. The predicted molar refractivity (Wildman–Crippen MR) is 142 cm³/mol. The Morgan fingerprint density at radius 1 is 0.647 bits per heavy atom. The molecule has 0 rings (SSSR count). The van der Waals surface area contributed by atoms with E-state index in [1.54, 1.807) is 0 Å². The molecule has 3 N–H and O–H groups in total. The Morgan fingerprint density at radius 2 is 1.12 bits per heavy atom. The highest BCUT2D eigenvalue weighted by molar-refractivity contribution is 5.69. The number of unbranched alkanes of at least 4 members (excludes halogenated alkanes) is 14. The summed E-state index contributed by atoms with van der Waals surface area (Å²) in [4.78, 5) is 25.0. The lowest BCUT2D eigenvalue weighted by Gasteiger charge is -2.22. The molecule has 0 unspecified atom stereocenters. The van der Waals surface area contributed by atoms with Crippen LogP contribution in [-0.4, -0.2) is 54.7 Å². The Hall–Kier alpha value is -1.14. The Balaban J connectivity index is 3.61. The summed E-state index contributed by atoms with van der Waals surface area (Å²) in [6.07, 6.45) is 21.6. The Bertz CT molecular complexity index is 460. The Kier molecular flexibility index (Phi) is 25.6. The average Bonchev–Trinajstić information content (AvgIpc) is 2.82. The van der Waals surface area contributed by atoms with E-state index in [1.165, 1.54) is 51.4 Å². The maximum absolute atomic E-state index is 11.9. The van der Waals surface area contributed by atoms with Crippen molar-refractivity contribution in [1.29, 1.82) is 0 Å². The lowest BCUT2D eigenvalue weighted by atomic mass is 10.1. The van der Waals surface area contributed by atoms with Gasteiger partial charge in [0.15, 0.2) is 0 Å². The molecule has 34 heavy (non-hydrogen) atoms. The van der Waals surface area contributed by atoms with Crippen LogP contribution in [0.25, 0.3) is 0 Å². The van der Waals surface area contributed by atoms with Gasteiger partial charge in [0, 0.05) is 12.8 Å². The zero-order chi connectivity index (χ0) is 25.1. The molecule has 0 saturated heterocycles. The van der Waals surface area contributed by atoms with E-state index in [-0.39, 0.29) is 12.4 Å². The van der Waals surface area contributed by atoms with Gasteiger partial charge in [0.05, 0.1) is 6.61 Å². The van der Waals surface area contributed by atoms with Crippen molar-refractivity contribution in [3.05, 3.63) is 0 Å². The number of rotatable bonds is 27. The van der Waals surface area contributed by atoms with Crippen LogP contribution in [0.2, 0.25) is 0 Å². The molecule has 0 spiro atoms. The lowest BCUT2D eigenvalue weighted by Crippen LogP contribution is -2.28. The smallest absolute Gasteiger partial charge is 0.305 e. The highest BCUT2D eigenvalue weighted by Gasteiger charge is 2.06. The molecule has 0 radical (unpaired) electrons. The quantitative estimate of drug-likeness (QED) is 0.0995. The van der Waals surface area contributed by atoms with E-state index in [4.69, 9.17) is 15.6 Å². The third-order valence-electron chi connectivity index (χ3n) is 6.41. The highest BCUT2D eigenvalue weighted by atomic mass is 16.5. The molecule has 0 amide bonds. The van der Waals surface area contributed by atoms with Crippen molar-refractivity contribution in [1.82, 2.24) is 4.90 Å². The maximum Gasteiger partial charge on any atom is 0.305 e. The second-order valence-corrected chi connectivity index (χ2v) is 9.75. The summed E-state index contributed by atoms with van der Waals surface area (Å²) in [6.45, 7) is 6.73.